The Balaban J connectivity index is 1.55. The van der Waals surface area contributed by atoms with E-state index in [1.807, 2.05) is 24.8 Å². The lowest BCUT2D eigenvalue weighted by atomic mass is 10.1. The molecule has 0 aliphatic carbocycles. The molecule has 3 amide bonds. The maximum absolute atomic E-state index is 12.5. The van der Waals surface area contributed by atoms with Gasteiger partial charge in [0.2, 0.25) is 5.91 Å². The second kappa shape index (κ2) is 10.6. The largest absolute Gasteiger partial charge is 0.376 e. The SMILES string of the molecule is CCC(C)NC(=O)c1cccc(NCC(=O)Nc2cccc(C(=O)N3CCCC3)c2)c1. The number of benzene rings is 2. The van der Waals surface area contributed by atoms with Gasteiger partial charge < -0.3 is 20.9 Å². The number of anilines is 2. The van der Waals surface area contributed by atoms with Gasteiger partial charge in [0, 0.05) is 41.6 Å². The van der Waals surface area contributed by atoms with Crippen LogP contribution < -0.4 is 16.0 Å². The second-order valence-corrected chi connectivity index (χ2v) is 7.85. The Labute approximate surface area is 183 Å². The number of hydrogen-bond acceptors (Lipinski definition) is 4. The minimum Gasteiger partial charge on any atom is -0.376 e. The fraction of sp³-hybridized carbons (Fsp3) is 0.375. The molecule has 2 aromatic carbocycles. The van der Waals surface area contributed by atoms with E-state index in [0.717, 1.165) is 32.4 Å². The lowest BCUT2D eigenvalue weighted by Crippen LogP contribution is -2.31. The molecule has 1 aliphatic heterocycles. The van der Waals surface area contributed by atoms with Crippen LogP contribution in [0.25, 0.3) is 0 Å². The molecule has 164 valence electrons. The average Bonchev–Trinajstić information content (AvgIpc) is 3.32. The quantitative estimate of drug-likeness (QED) is 0.607. The van der Waals surface area contributed by atoms with E-state index < -0.39 is 0 Å². The smallest absolute Gasteiger partial charge is 0.253 e. The first-order chi connectivity index (χ1) is 15.0. The highest BCUT2D eigenvalue weighted by molar-refractivity contribution is 5.98. The monoisotopic (exact) mass is 422 g/mol. The van der Waals surface area contributed by atoms with Gasteiger partial charge in [-0.3, -0.25) is 14.4 Å². The van der Waals surface area contributed by atoms with Gasteiger partial charge in [-0.2, -0.15) is 0 Å². The molecule has 1 saturated heterocycles. The molecule has 0 saturated carbocycles. The number of carbonyl (C=O) groups excluding carboxylic acids is 3. The van der Waals surface area contributed by atoms with Crippen LogP contribution in [0, 0.1) is 0 Å². The number of nitrogens with zero attached hydrogens (tertiary/aromatic N) is 1. The van der Waals surface area contributed by atoms with E-state index in [9.17, 15) is 14.4 Å². The summed E-state index contributed by atoms with van der Waals surface area (Å²) in [6.07, 6.45) is 2.93. The van der Waals surface area contributed by atoms with Gasteiger partial charge in [0.25, 0.3) is 11.8 Å². The maximum atomic E-state index is 12.5. The first-order valence-corrected chi connectivity index (χ1v) is 10.8. The van der Waals surface area contributed by atoms with E-state index >= 15 is 0 Å². The van der Waals surface area contributed by atoms with Crippen LogP contribution in [-0.2, 0) is 4.79 Å². The highest BCUT2D eigenvalue weighted by atomic mass is 16.2. The lowest BCUT2D eigenvalue weighted by molar-refractivity contribution is -0.114. The average molecular weight is 423 g/mol. The van der Waals surface area contributed by atoms with Crippen LogP contribution in [0.15, 0.2) is 48.5 Å². The lowest BCUT2D eigenvalue weighted by Gasteiger charge is -2.16. The van der Waals surface area contributed by atoms with E-state index in [0.29, 0.717) is 22.5 Å². The van der Waals surface area contributed by atoms with Crippen molar-refractivity contribution in [1.29, 1.82) is 0 Å². The van der Waals surface area contributed by atoms with Crippen molar-refractivity contribution < 1.29 is 14.4 Å². The Morgan fingerprint density at radius 1 is 0.968 bits per heavy atom. The molecule has 1 fully saturated rings. The van der Waals surface area contributed by atoms with Crippen LogP contribution in [0.4, 0.5) is 11.4 Å². The third-order valence-electron chi connectivity index (χ3n) is 5.35. The summed E-state index contributed by atoms with van der Waals surface area (Å²) in [5, 5.41) is 8.79. The van der Waals surface area contributed by atoms with Crippen LogP contribution in [0.3, 0.4) is 0 Å². The molecule has 31 heavy (non-hydrogen) atoms. The summed E-state index contributed by atoms with van der Waals surface area (Å²) < 4.78 is 0. The van der Waals surface area contributed by atoms with Crippen LogP contribution in [0.1, 0.15) is 53.8 Å². The normalized spacial score (nSPS) is 14.1. The van der Waals surface area contributed by atoms with E-state index in [1.165, 1.54) is 0 Å². The molecular weight excluding hydrogens is 392 g/mol. The van der Waals surface area contributed by atoms with Crippen molar-refractivity contribution in [2.75, 3.05) is 30.3 Å². The molecular formula is C24H30N4O3. The van der Waals surface area contributed by atoms with Gasteiger partial charge in [0.15, 0.2) is 0 Å². The molecule has 0 spiro atoms. The fourth-order valence-corrected chi connectivity index (χ4v) is 3.40. The van der Waals surface area contributed by atoms with Gasteiger partial charge in [0.1, 0.15) is 0 Å². The van der Waals surface area contributed by atoms with Gasteiger partial charge in [-0.05, 0) is 62.6 Å². The first-order valence-electron chi connectivity index (χ1n) is 10.8. The summed E-state index contributed by atoms with van der Waals surface area (Å²) in [4.78, 5) is 39.0. The molecule has 1 atom stereocenters. The summed E-state index contributed by atoms with van der Waals surface area (Å²) in [5.41, 5.74) is 2.38. The zero-order valence-corrected chi connectivity index (χ0v) is 18.1. The molecule has 3 N–H and O–H groups in total. The van der Waals surface area contributed by atoms with E-state index in [-0.39, 0.29) is 30.3 Å². The van der Waals surface area contributed by atoms with Crippen LogP contribution in [0.2, 0.25) is 0 Å². The maximum Gasteiger partial charge on any atom is 0.253 e. The van der Waals surface area contributed by atoms with Gasteiger partial charge in [-0.25, -0.2) is 0 Å². The van der Waals surface area contributed by atoms with Crippen molar-refractivity contribution in [1.82, 2.24) is 10.2 Å². The summed E-state index contributed by atoms with van der Waals surface area (Å²) in [7, 11) is 0. The molecule has 3 rings (SSSR count). The van der Waals surface area contributed by atoms with Gasteiger partial charge >= 0.3 is 0 Å². The summed E-state index contributed by atoms with van der Waals surface area (Å²) in [6.45, 7) is 5.58. The summed E-state index contributed by atoms with van der Waals surface area (Å²) >= 11 is 0. The van der Waals surface area contributed by atoms with E-state index in [4.69, 9.17) is 0 Å². The van der Waals surface area contributed by atoms with Gasteiger partial charge in [-0.15, -0.1) is 0 Å². The molecule has 2 aromatic rings. The first kappa shape index (κ1) is 22.3. The Morgan fingerprint density at radius 3 is 2.32 bits per heavy atom. The molecule has 7 heteroatoms. The van der Waals surface area contributed by atoms with Gasteiger partial charge in [-0.1, -0.05) is 19.1 Å². The van der Waals surface area contributed by atoms with Crippen molar-refractivity contribution in [2.24, 2.45) is 0 Å². The zero-order valence-electron chi connectivity index (χ0n) is 18.1. The Kier molecular flexibility index (Phi) is 7.65. The van der Waals surface area contributed by atoms with E-state index in [1.54, 1.807) is 42.5 Å². The van der Waals surface area contributed by atoms with E-state index in [2.05, 4.69) is 16.0 Å². The van der Waals surface area contributed by atoms with Crippen LogP contribution in [-0.4, -0.2) is 48.3 Å². The molecule has 1 aliphatic rings. The third-order valence-corrected chi connectivity index (χ3v) is 5.35. The van der Waals surface area contributed by atoms with Crippen molar-refractivity contribution in [3.8, 4) is 0 Å². The van der Waals surface area contributed by atoms with Gasteiger partial charge in [0.05, 0.1) is 6.54 Å². The predicted molar refractivity (Wildman–Crippen MR) is 122 cm³/mol. The Morgan fingerprint density at radius 2 is 1.61 bits per heavy atom. The predicted octanol–water partition coefficient (Wildman–Crippen LogP) is 3.50. The minimum atomic E-state index is -0.236. The molecule has 0 bridgehead atoms. The van der Waals surface area contributed by atoms with Crippen molar-refractivity contribution in [3.63, 3.8) is 0 Å². The molecule has 0 radical (unpaired) electrons. The van der Waals surface area contributed by atoms with Crippen LogP contribution >= 0.6 is 0 Å². The number of likely N-dealkylation sites (tertiary alicyclic amines) is 1. The number of rotatable bonds is 8. The fourth-order valence-electron chi connectivity index (χ4n) is 3.40. The molecule has 7 nitrogen and oxygen atoms in total. The van der Waals surface area contributed by atoms with Crippen LogP contribution in [0.5, 0.6) is 0 Å². The highest BCUT2D eigenvalue weighted by Crippen LogP contribution is 2.17. The molecule has 1 unspecified atom stereocenters. The summed E-state index contributed by atoms with van der Waals surface area (Å²) in [6, 6.07) is 14.2. The third kappa shape index (κ3) is 6.31. The second-order valence-electron chi connectivity index (χ2n) is 7.85. The number of hydrogen-bond donors (Lipinski definition) is 3. The number of nitrogens with one attached hydrogen (secondary N) is 3. The number of carbonyl (C=O) groups is 3. The standard InChI is InChI=1S/C24H30N4O3/c1-3-17(2)26-23(30)18-8-6-10-20(14-18)25-16-22(29)27-21-11-7-9-19(15-21)24(31)28-12-4-5-13-28/h6-11,14-15,17,25H,3-5,12-13,16H2,1-2H3,(H,26,30)(H,27,29). The molecule has 0 aromatic heterocycles. The molecule has 1 heterocycles. The van der Waals surface area contributed by atoms with Crippen molar-refractivity contribution in [2.45, 2.75) is 39.2 Å². The highest BCUT2D eigenvalue weighted by Gasteiger charge is 2.19. The minimum absolute atomic E-state index is 0.000734. The topological polar surface area (TPSA) is 90.5 Å². The summed E-state index contributed by atoms with van der Waals surface area (Å²) in [5.74, 6) is -0.374. The van der Waals surface area contributed by atoms with Crippen molar-refractivity contribution >= 4 is 29.1 Å². The van der Waals surface area contributed by atoms with Crippen molar-refractivity contribution in [3.05, 3.63) is 59.7 Å². The Hall–Kier alpha value is -3.35. The Bertz CT molecular complexity index is 938. The zero-order chi connectivity index (χ0) is 22.2. The number of amides is 3.